The van der Waals surface area contributed by atoms with Crippen LogP contribution in [0.1, 0.15) is 48.0 Å². The summed E-state index contributed by atoms with van der Waals surface area (Å²) in [5.41, 5.74) is 2.36. The van der Waals surface area contributed by atoms with E-state index in [4.69, 9.17) is 23.2 Å². The maximum atomic E-state index is 13.8. The summed E-state index contributed by atoms with van der Waals surface area (Å²) < 4.78 is 13.8. The van der Waals surface area contributed by atoms with E-state index in [1.165, 1.54) is 12.1 Å². The zero-order valence-corrected chi connectivity index (χ0v) is 18.1. The van der Waals surface area contributed by atoms with Gasteiger partial charge in [0.2, 0.25) is 0 Å². The SMILES string of the molecule is C[C@@H](NC(=O)c1ccccc1)C1(Cl)CCC(c2ccnc3ccc(F)cc23)C(Cl)C1. The molecule has 1 N–H and O–H groups in total. The number of benzene rings is 2. The van der Waals surface area contributed by atoms with E-state index in [2.05, 4.69) is 10.3 Å². The molecule has 1 saturated carbocycles. The highest BCUT2D eigenvalue weighted by Gasteiger charge is 2.44. The number of amides is 1. The van der Waals surface area contributed by atoms with Crippen molar-refractivity contribution >= 4 is 40.0 Å². The lowest BCUT2D eigenvalue weighted by Gasteiger charge is -2.42. The van der Waals surface area contributed by atoms with Crippen LogP contribution in [0.15, 0.2) is 60.8 Å². The maximum absolute atomic E-state index is 13.8. The average molecular weight is 445 g/mol. The first-order valence-corrected chi connectivity index (χ1v) is 10.9. The first kappa shape index (κ1) is 21.1. The first-order chi connectivity index (χ1) is 14.4. The maximum Gasteiger partial charge on any atom is 0.251 e. The zero-order valence-electron chi connectivity index (χ0n) is 16.6. The summed E-state index contributed by atoms with van der Waals surface area (Å²) in [7, 11) is 0. The Balaban J connectivity index is 1.51. The van der Waals surface area contributed by atoms with Crippen molar-refractivity contribution in [2.24, 2.45) is 0 Å². The molecule has 0 spiro atoms. The van der Waals surface area contributed by atoms with Gasteiger partial charge in [-0.25, -0.2) is 4.39 Å². The minimum absolute atomic E-state index is 0.0443. The van der Waals surface area contributed by atoms with Crippen molar-refractivity contribution in [2.75, 3.05) is 0 Å². The quantitative estimate of drug-likeness (QED) is 0.497. The third kappa shape index (κ3) is 4.17. The van der Waals surface area contributed by atoms with Gasteiger partial charge in [-0.3, -0.25) is 9.78 Å². The van der Waals surface area contributed by atoms with Crippen molar-refractivity contribution in [3.63, 3.8) is 0 Å². The lowest BCUT2D eigenvalue weighted by molar-refractivity contribution is 0.0924. The number of carbonyl (C=O) groups is 1. The third-order valence-corrected chi connectivity index (χ3v) is 7.27. The monoisotopic (exact) mass is 444 g/mol. The topological polar surface area (TPSA) is 42.0 Å². The Kier molecular flexibility index (Phi) is 5.99. The number of nitrogens with zero attached hydrogens (tertiary/aromatic N) is 1. The van der Waals surface area contributed by atoms with Gasteiger partial charge in [-0.15, -0.1) is 23.2 Å². The van der Waals surface area contributed by atoms with Gasteiger partial charge in [-0.1, -0.05) is 18.2 Å². The van der Waals surface area contributed by atoms with Gasteiger partial charge >= 0.3 is 0 Å². The lowest BCUT2D eigenvalue weighted by Crippen LogP contribution is -2.51. The minimum Gasteiger partial charge on any atom is -0.348 e. The van der Waals surface area contributed by atoms with Crippen LogP contribution in [0.4, 0.5) is 4.39 Å². The summed E-state index contributed by atoms with van der Waals surface area (Å²) in [5, 5.41) is 3.59. The first-order valence-electron chi connectivity index (χ1n) is 10.1. The van der Waals surface area contributed by atoms with Crippen molar-refractivity contribution < 1.29 is 9.18 Å². The average Bonchev–Trinajstić information content (AvgIpc) is 2.74. The van der Waals surface area contributed by atoms with Gasteiger partial charge in [-0.2, -0.15) is 0 Å². The molecule has 0 radical (unpaired) electrons. The molecule has 0 aliphatic heterocycles. The highest BCUT2D eigenvalue weighted by Crippen LogP contribution is 2.47. The normalized spacial score (nSPS) is 25.1. The highest BCUT2D eigenvalue weighted by molar-refractivity contribution is 6.27. The van der Waals surface area contributed by atoms with Gasteiger partial charge < -0.3 is 5.32 Å². The summed E-state index contributed by atoms with van der Waals surface area (Å²) in [6, 6.07) is 15.4. The molecule has 1 amide bonds. The number of pyridine rings is 1. The summed E-state index contributed by atoms with van der Waals surface area (Å²) >= 11 is 13.8. The number of halogens is 3. The molecule has 3 nitrogen and oxygen atoms in total. The molecule has 1 fully saturated rings. The van der Waals surface area contributed by atoms with Crippen LogP contribution in [-0.4, -0.2) is 27.2 Å². The van der Waals surface area contributed by atoms with Gasteiger partial charge in [0, 0.05) is 34.5 Å². The van der Waals surface area contributed by atoms with Crippen LogP contribution < -0.4 is 5.32 Å². The van der Waals surface area contributed by atoms with Crippen molar-refractivity contribution in [1.29, 1.82) is 0 Å². The second-order valence-corrected chi connectivity index (χ2v) is 9.34. The van der Waals surface area contributed by atoms with Gasteiger partial charge in [-0.05, 0) is 68.1 Å². The number of rotatable bonds is 4. The van der Waals surface area contributed by atoms with E-state index in [1.807, 2.05) is 31.2 Å². The number of hydrogen-bond acceptors (Lipinski definition) is 2. The molecule has 3 aromatic rings. The van der Waals surface area contributed by atoms with Crippen LogP contribution in [0.25, 0.3) is 10.9 Å². The van der Waals surface area contributed by atoms with E-state index in [-0.39, 0.29) is 29.1 Å². The fraction of sp³-hybridized carbons (Fsp3) is 0.333. The molecule has 2 aromatic carbocycles. The fourth-order valence-corrected chi connectivity index (χ4v) is 5.30. The smallest absolute Gasteiger partial charge is 0.251 e. The molecule has 30 heavy (non-hydrogen) atoms. The Hall–Kier alpha value is -2.17. The molecule has 1 heterocycles. The van der Waals surface area contributed by atoms with E-state index < -0.39 is 4.87 Å². The lowest BCUT2D eigenvalue weighted by atomic mass is 9.74. The van der Waals surface area contributed by atoms with Gasteiger partial charge in [0.15, 0.2) is 0 Å². The van der Waals surface area contributed by atoms with Gasteiger partial charge in [0.1, 0.15) is 5.82 Å². The Morgan fingerprint density at radius 1 is 1.23 bits per heavy atom. The summed E-state index contributed by atoms with van der Waals surface area (Å²) in [6.07, 6.45) is 3.72. The van der Waals surface area contributed by atoms with Crippen LogP contribution in [0.2, 0.25) is 0 Å². The molecule has 156 valence electrons. The molecule has 4 rings (SSSR count). The summed E-state index contributed by atoms with van der Waals surface area (Å²) in [5.74, 6) is -0.391. The van der Waals surface area contributed by atoms with Crippen LogP contribution in [0, 0.1) is 5.82 Å². The van der Waals surface area contributed by atoms with Crippen molar-refractivity contribution in [1.82, 2.24) is 10.3 Å². The van der Waals surface area contributed by atoms with E-state index in [0.717, 1.165) is 22.9 Å². The Morgan fingerprint density at radius 2 is 2.00 bits per heavy atom. The largest absolute Gasteiger partial charge is 0.348 e. The fourth-order valence-electron chi connectivity index (χ4n) is 4.35. The molecule has 6 heteroatoms. The molecular weight excluding hydrogens is 422 g/mol. The molecule has 0 bridgehead atoms. The molecule has 0 saturated heterocycles. The Morgan fingerprint density at radius 3 is 2.73 bits per heavy atom. The number of carbonyl (C=O) groups excluding carboxylic acids is 1. The molecule has 1 aliphatic rings. The molecule has 1 aromatic heterocycles. The van der Waals surface area contributed by atoms with Gasteiger partial charge in [0.25, 0.3) is 5.91 Å². The van der Waals surface area contributed by atoms with E-state index in [9.17, 15) is 9.18 Å². The number of fused-ring (bicyclic) bond motifs is 1. The zero-order chi connectivity index (χ0) is 21.3. The molecule has 3 unspecified atom stereocenters. The predicted octanol–water partition coefficient (Wildman–Crippen LogP) is 6.04. The van der Waals surface area contributed by atoms with Crippen LogP contribution in [-0.2, 0) is 0 Å². The summed E-state index contributed by atoms with van der Waals surface area (Å²) in [6.45, 7) is 1.93. The van der Waals surface area contributed by atoms with E-state index >= 15 is 0 Å². The van der Waals surface area contributed by atoms with E-state index in [0.29, 0.717) is 18.4 Å². The number of nitrogens with one attached hydrogen (secondary N) is 1. The van der Waals surface area contributed by atoms with Crippen molar-refractivity contribution in [3.05, 3.63) is 77.7 Å². The van der Waals surface area contributed by atoms with E-state index in [1.54, 1.807) is 24.4 Å². The standard InChI is InChI=1S/C24H23Cl2FN2O/c1-15(29-23(30)16-5-3-2-4-6-16)24(26)11-9-19(21(25)14-24)18-10-12-28-22-8-7-17(27)13-20(18)22/h2-8,10,12-13,15,19,21H,9,11,14H2,1H3,(H,29,30)/t15-,19?,21?,24?/m1/s1. The number of aromatic nitrogens is 1. The molecule has 1 aliphatic carbocycles. The summed E-state index contributed by atoms with van der Waals surface area (Å²) in [4.78, 5) is 16.2. The molecular formula is C24H23Cl2FN2O. The Bertz CT molecular complexity index is 1060. The van der Waals surface area contributed by atoms with Crippen LogP contribution >= 0.6 is 23.2 Å². The van der Waals surface area contributed by atoms with Gasteiger partial charge in [0.05, 0.1) is 10.4 Å². The molecule has 4 atom stereocenters. The minimum atomic E-state index is -0.637. The second-order valence-electron chi connectivity index (χ2n) is 8.02. The number of alkyl halides is 2. The predicted molar refractivity (Wildman–Crippen MR) is 120 cm³/mol. The highest BCUT2D eigenvalue weighted by atomic mass is 35.5. The third-order valence-electron chi connectivity index (χ3n) is 6.14. The van der Waals surface area contributed by atoms with Crippen LogP contribution in [0.3, 0.4) is 0 Å². The van der Waals surface area contributed by atoms with Crippen molar-refractivity contribution in [2.45, 2.75) is 48.4 Å². The van der Waals surface area contributed by atoms with Crippen molar-refractivity contribution in [3.8, 4) is 0 Å². The number of hydrogen-bond donors (Lipinski definition) is 1. The Labute approximate surface area is 185 Å². The second kappa shape index (κ2) is 8.52. The van der Waals surface area contributed by atoms with Crippen LogP contribution in [0.5, 0.6) is 0 Å².